The molecule has 6 heteroatoms. The summed E-state index contributed by atoms with van der Waals surface area (Å²) in [7, 11) is 0. The Bertz CT molecular complexity index is 542. The van der Waals surface area contributed by atoms with Gasteiger partial charge in [-0.15, -0.1) is 9.46 Å². The van der Waals surface area contributed by atoms with Gasteiger partial charge in [0.25, 0.3) is 0 Å². The predicted octanol–water partition coefficient (Wildman–Crippen LogP) is 0.0272. The molecular formula is C10H10N4O2. The molecule has 2 rings (SSSR count). The van der Waals surface area contributed by atoms with E-state index in [9.17, 15) is 10.4 Å². The first-order valence-electron chi connectivity index (χ1n) is 4.72. The van der Waals surface area contributed by atoms with Crippen molar-refractivity contribution in [1.82, 2.24) is 9.97 Å². The molecule has 0 amide bonds. The number of hydrogen-bond donors (Lipinski definition) is 0. The summed E-state index contributed by atoms with van der Waals surface area (Å²) in [4.78, 5) is 7.97. The fraction of sp³-hybridized carbons (Fsp3) is 0.200. The minimum absolute atomic E-state index is 0.108. The van der Waals surface area contributed by atoms with Crippen molar-refractivity contribution in [2.24, 2.45) is 0 Å². The fourth-order valence-corrected chi connectivity index (χ4v) is 1.32. The second-order valence-corrected chi connectivity index (χ2v) is 3.42. The topological polar surface area (TPSA) is 79.7 Å². The highest BCUT2D eigenvalue weighted by atomic mass is 16.5. The smallest absolute Gasteiger partial charge is 0.512 e. The molecule has 2 aromatic heterocycles. The zero-order chi connectivity index (χ0) is 11.7. The SMILES string of the molecule is Cc1ccnc(-c2[n+]([O-])ccc(C)[n+]2[O-])n1. The van der Waals surface area contributed by atoms with Gasteiger partial charge in [0, 0.05) is 18.8 Å². The summed E-state index contributed by atoms with van der Waals surface area (Å²) >= 11 is 0. The van der Waals surface area contributed by atoms with E-state index in [1.807, 2.05) is 0 Å². The molecule has 0 spiro atoms. The molecule has 6 nitrogen and oxygen atoms in total. The summed E-state index contributed by atoms with van der Waals surface area (Å²) in [6.07, 6.45) is 2.78. The van der Waals surface area contributed by atoms with Crippen LogP contribution in [0.1, 0.15) is 11.4 Å². The molecule has 0 aliphatic carbocycles. The molecule has 0 aliphatic rings. The number of hydrogen-bond acceptors (Lipinski definition) is 4. The number of rotatable bonds is 1. The van der Waals surface area contributed by atoms with E-state index >= 15 is 0 Å². The van der Waals surface area contributed by atoms with Crippen LogP contribution >= 0.6 is 0 Å². The van der Waals surface area contributed by atoms with Crippen LogP contribution in [0, 0.1) is 24.3 Å². The first-order valence-corrected chi connectivity index (χ1v) is 4.72. The molecule has 0 saturated carbocycles. The van der Waals surface area contributed by atoms with E-state index in [4.69, 9.17) is 0 Å². The Labute approximate surface area is 92.0 Å². The highest BCUT2D eigenvalue weighted by Crippen LogP contribution is 2.05. The summed E-state index contributed by atoms with van der Waals surface area (Å²) in [5.41, 5.74) is 1.12. The third-order valence-electron chi connectivity index (χ3n) is 2.17. The number of aryl methyl sites for hydroxylation is 2. The van der Waals surface area contributed by atoms with Crippen molar-refractivity contribution in [2.75, 3.05) is 0 Å². The molecule has 0 radical (unpaired) electrons. The van der Waals surface area contributed by atoms with Crippen molar-refractivity contribution in [3.05, 3.63) is 46.3 Å². The van der Waals surface area contributed by atoms with E-state index < -0.39 is 0 Å². The first-order chi connectivity index (χ1) is 7.59. The molecule has 0 saturated heterocycles. The van der Waals surface area contributed by atoms with Gasteiger partial charge in [-0.25, -0.2) is 9.97 Å². The molecular weight excluding hydrogens is 208 g/mol. The Morgan fingerprint density at radius 1 is 1.19 bits per heavy atom. The summed E-state index contributed by atoms with van der Waals surface area (Å²) < 4.78 is 0.997. The molecule has 2 heterocycles. The van der Waals surface area contributed by atoms with Crippen molar-refractivity contribution in [3.8, 4) is 11.6 Å². The summed E-state index contributed by atoms with van der Waals surface area (Å²) in [5.74, 6) is 0.0254. The van der Waals surface area contributed by atoms with Crippen molar-refractivity contribution in [2.45, 2.75) is 13.8 Å². The lowest BCUT2D eigenvalue weighted by molar-refractivity contribution is -0.728. The predicted molar refractivity (Wildman–Crippen MR) is 54.9 cm³/mol. The van der Waals surface area contributed by atoms with Crippen LogP contribution in [-0.2, 0) is 0 Å². The molecule has 0 aromatic carbocycles. The quantitative estimate of drug-likeness (QED) is 0.499. The summed E-state index contributed by atoms with van der Waals surface area (Å²) in [6, 6.07) is 3.14. The zero-order valence-corrected chi connectivity index (χ0v) is 8.91. The van der Waals surface area contributed by atoms with Gasteiger partial charge < -0.3 is 10.4 Å². The van der Waals surface area contributed by atoms with E-state index in [-0.39, 0.29) is 11.6 Å². The maximum atomic E-state index is 11.7. The Morgan fingerprint density at radius 3 is 2.62 bits per heavy atom. The van der Waals surface area contributed by atoms with Crippen molar-refractivity contribution in [1.29, 1.82) is 0 Å². The fourth-order valence-electron chi connectivity index (χ4n) is 1.32. The molecule has 16 heavy (non-hydrogen) atoms. The lowest BCUT2D eigenvalue weighted by Gasteiger charge is -2.05. The van der Waals surface area contributed by atoms with Crippen LogP contribution in [0.2, 0.25) is 0 Å². The van der Waals surface area contributed by atoms with E-state index in [0.717, 1.165) is 0 Å². The third kappa shape index (κ3) is 1.65. The maximum absolute atomic E-state index is 11.7. The minimum atomic E-state index is -0.108. The van der Waals surface area contributed by atoms with Crippen LogP contribution in [-0.4, -0.2) is 9.97 Å². The standard InChI is InChI=1S/C10H10N4O2/c1-7-3-5-11-9(12-7)10-13(15)6-4-8(2)14(10)16/h3-6H,1-2H3. The molecule has 82 valence electrons. The van der Waals surface area contributed by atoms with Gasteiger partial charge in [0.2, 0.25) is 5.69 Å². The van der Waals surface area contributed by atoms with Crippen LogP contribution < -0.4 is 9.46 Å². The van der Waals surface area contributed by atoms with E-state index in [1.54, 1.807) is 19.9 Å². The van der Waals surface area contributed by atoms with Gasteiger partial charge in [0.15, 0.2) is 6.20 Å². The van der Waals surface area contributed by atoms with Gasteiger partial charge in [-0.1, -0.05) is 0 Å². The second-order valence-electron chi connectivity index (χ2n) is 3.42. The molecule has 0 atom stereocenters. The highest BCUT2D eigenvalue weighted by Gasteiger charge is 2.25. The summed E-state index contributed by atoms with van der Waals surface area (Å²) in [5, 5.41) is 23.2. The molecule has 0 fully saturated rings. The van der Waals surface area contributed by atoms with Gasteiger partial charge in [0.1, 0.15) is 0 Å². The lowest BCUT2D eigenvalue weighted by atomic mass is 10.4. The van der Waals surface area contributed by atoms with Crippen molar-refractivity contribution >= 4 is 0 Å². The Kier molecular flexibility index (Phi) is 2.40. The Balaban J connectivity index is 2.68. The average molecular weight is 218 g/mol. The normalized spacial score (nSPS) is 10.4. The van der Waals surface area contributed by atoms with Crippen LogP contribution in [0.5, 0.6) is 0 Å². The van der Waals surface area contributed by atoms with Crippen LogP contribution in [0.4, 0.5) is 0 Å². The average Bonchev–Trinajstić information content (AvgIpc) is 2.24. The Morgan fingerprint density at radius 2 is 1.94 bits per heavy atom. The van der Waals surface area contributed by atoms with E-state index in [0.29, 0.717) is 20.8 Å². The first kappa shape index (κ1) is 10.3. The van der Waals surface area contributed by atoms with Crippen molar-refractivity contribution in [3.63, 3.8) is 0 Å². The van der Waals surface area contributed by atoms with Crippen LogP contribution in [0.15, 0.2) is 24.5 Å². The molecule has 0 bridgehead atoms. The maximum Gasteiger partial charge on any atom is 0.512 e. The molecule has 0 N–H and O–H groups in total. The van der Waals surface area contributed by atoms with Gasteiger partial charge >= 0.3 is 11.6 Å². The lowest BCUT2D eigenvalue weighted by Crippen LogP contribution is -2.47. The number of aromatic nitrogens is 4. The van der Waals surface area contributed by atoms with Crippen molar-refractivity contribution < 1.29 is 9.46 Å². The summed E-state index contributed by atoms with van der Waals surface area (Å²) in [6.45, 7) is 3.39. The largest absolute Gasteiger partial charge is 0.614 e. The van der Waals surface area contributed by atoms with Gasteiger partial charge in [0.05, 0.1) is 6.07 Å². The van der Waals surface area contributed by atoms with Gasteiger partial charge in [-0.3, -0.25) is 0 Å². The minimum Gasteiger partial charge on any atom is -0.614 e. The van der Waals surface area contributed by atoms with Gasteiger partial charge in [-0.2, -0.15) is 0 Å². The number of nitrogens with zero attached hydrogens (tertiary/aromatic N) is 4. The monoisotopic (exact) mass is 218 g/mol. The molecule has 0 unspecified atom stereocenters. The van der Waals surface area contributed by atoms with Crippen LogP contribution in [0.3, 0.4) is 0 Å². The zero-order valence-electron chi connectivity index (χ0n) is 8.91. The second kappa shape index (κ2) is 3.73. The highest BCUT2D eigenvalue weighted by molar-refractivity contribution is 5.34. The molecule has 0 aliphatic heterocycles. The third-order valence-corrected chi connectivity index (χ3v) is 2.17. The van der Waals surface area contributed by atoms with Gasteiger partial charge in [-0.05, 0) is 13.0 Å². The molecule has 2 aromatic rings. The van der Waals surface area contributed by atoms with E-state index in [2.05, 4.69) is 9.97 Å². The van der Waals surface area contributed by atoms with E-state index in [1.165, 1.54) is 18.5 Å². The van der Waals surface area contributed by atoms with Crippen LogP contribution in [0.25, 0.3) is 11.6 Å². The Hall–Kier alpha value is -2.24.